The van der Waals surface area contributed by atoms with Crippen molar-refractivity contribution in [1.29, 1.82) is 0 Å². The third kappa shape index (κ3) is 15.5. The molecule has 0 aliphatic heterocycles. The van der Waals surface area contributed by atoms with Crippen molar-refractivity contribution in [2.45, 2.75) is 69.9 Å². The fourth-order valence-electron chi connectivity index (χ4n) is 3.11. The van der Waals surface area contributed by atoms with E-state index < -0.39 is 18.2 Å². The molecule has 0 saturated heterocycles. The highest BCUT2D eigenvalue weighted by atomic mass is 16.7. The van der Waals surface area contributed by atoms with Crippen LogP contribution in [0.15, 0.2) is 0 Å². The maximum Gasteiger partial charge on any atom is 0.505 e. The molecule has 0 radical (unpaired) electrons. The van der Waals surface area contributed by atoms with Gasteiger partial charge < -0.3 is 43.0 Å². The van der Waals surface area contributed by atoms with Crippen LogP contribution in [0, 0.1) is 0 Å². The lowest BCUT2D eigenvalue weighted by molar-refractivity contribution is -0.137. The maximum atomic E-state index is 12.8. The van der Waals surface area contributed by atoms with Crippen LogP contribution in [0.4, 0.5) is 4.79 Å². The quantitative estimate of drug-likeness (QED) is 0.114. The van der Waals surface area contributed by atoms with E-state index in [1.54, 1.807) is 0 Å². The van der Waals surface area contributed by atoms with E-state index in [1.165, 1.54) is 4.90 Å². The van der Waals surface area contributed by atoms with Crippen LogP contribution < -0.4 is 28.3 Å². The van der Waals surface area contributed by atoms with E-state index in [0.29, 0.717) is 45.4 Å². The third-order valence-corrected chi connectivity index (χ3v) is 4.84. The number of unbranched alkanes of at least 4 members (excludes halogenated alkanes) is 4. The van der Waals surface area contributed by atoms with E-state index in [4.69, 9.17) is 28.0 Å². The van der Waals surface area contributed by atoms with Crippen molar-refractivity contribution in [1.82, 2.24) is 10.2 Å². The molecule has 0 rings (SSSR count). The van der Waals surface area contributed by atoms with E-state index in [2.05, 4.69) is 10.1 Å². The van der Waals surface area contributed by atoms with E-state index in [9.17, 15) is 14.4 Å². The first-order valence-corrected chi connectivity index (χ1v) is 11.1. The van der Waals surface area contributed by atoms with Crippen molar-refractivity contribution in [2.75, 3.05) is 39.3 Å². The first-order valence-electron chi connectivity index (χ1n) is 11.1. The summed E-state index contributed by atoms with van der Waals surface area (Å²) in [5.74, 6) is -0.658. The lowest BCUT2D eigenvalue weighted by Crippen LogP contribution is -2.50. The molecule has 0 aliphatic carbocycles. The SMILES string of the molecule is NCCCCCN(CC(=O)N[C@@H](CCCCN)COC(=O)O)C(=O)[C@H](N)CCCCN. The zero-order valence-electron chi connectivity index (χ0n) is 18.6. The minimum atomic E-state index is -1.40. The molecule has 0 fully saturated rings. The van der Waals surface area contributed by atoms with Gasteiger partial charge in [-0.15, -0.1) is 0 Å². The number of hydrogen-bond donors (Lipinski definition) is 6. The molecule has 0 bridgehead atoms. The molecule has 10 N–H and O–H groups in total. The Bertz CT molecular complexity index is 508. The van der Waals surface area contributed by atoms with Crippen LogP contribution in [-0.2, 0) is 14.3 Å². The maximum absolute atomic E-state index is 12.8. The number of nitrogens with two attached hydrogens (primary N) is 4. The van der Waals surface area contributed by atoms with Gasteiger partial charge in [-0.25, -0.2) is 4.79 Å². The highest BCUT2D eigenvalue weighted by Crippen LogP contribution is 2.07. The van der Waals surface area contributed by atoms with Crippen LogP contribution in [0.25, 0.3) is 0 Å². The van der Waals surface area contributed by atoms with Crippen molar-refractivity contribution >= 4 is 18.0 Å². The normalized spacial score (nSPS) is 12.8. The molecule has 2 amide bonds. The summed E-state index contributed by atoms with van der Waals surface area (Å²) in [4.78, 5) is 37.6. The molecule has 0 aromatic heterocycles. The topological polar surface area (TPSA) is 200 Å². The van der Waals surface area contributed by atoms with Crippen molar-refractivity contribution in [2.24, 2.45) is 22.9 Å². The van der Waals surface area contributed by atoms with Gasteiger partial charge in [-0.1, -0.05) is 19.3 Å². The van der Waals surface area contributed by atoms with Gasteiger partial charge in [0.25, 0.3) is 0 Å². The Kier molecular flexibility index (Phi) is 17.6. The molecule has 0 aliphatic rings. The Morgan fingerprint density at radius 2 is 1.45 bits per heavy atom. The Labute approximate surface area is 185 Å². The summed E-state index contributed by atoms with van der Waals surface area (Å²) in [5.41, 5.74) is 22.6. The van der Waals surface area contributed by atoms with Crippen molar-refractivity contribution in [3.05, 3.63) is 0 Å². The van der Waals surface area contributed by atoms with Gasteiger partial charge in [0, 0.05) is 6.54 Å². The molecule has 0 aromatic carbocycles. The molecule has 0 unspecified atom stereocenters. The minimum absolute atomic E-state index is 0.146. The predicted octanol–water partition coefficient (Wildman–Crippen LogP) is -0.291. The van der Waals surface area contributed by atoms with Gasteiger partial charge in [-0.2, -0.15) is 0 Å². The number of carboxylic acid groups (broad SMARTS) is 1. The van der Waals surface area contributed by atoms with Crippen molar-refractivity contribution < 1.29 is 24.2 Å². The highest BCUT2D eigenvalue weighted by molar-refractivity contribution is 5.87. The Morgan fingerprint density at radius 3 is 2.03 bits per heavy atom. The molecular formula is C20H42N6O5. The van der Waals surface area contributed by atoms with Crippen LogP contribution in [0.5, 0.6) is 0 Å². The molecule has 2 atom stereocenters. The van der Waals surface area contributed by atoms with Gasteiger partial charge in [0.1, 0.15) is 6.61 Å². The second-order valence-electron chi connectivity index (χ2n) is 7.63. The molecule has 0 saturated carbocycles. The summed E-state index contributed by atoms with van der Waals surface area (Å²) < 4.78 is 4.62. The van der Waals surface area contributed by atoms with Crippen LogP contribution in [0.2, 0.25) is 0 Å². The molecular weight excluding hydrogens is 404 g/mol. The standard InChI is InChI=1S/C20H42N6O5/c21-10-4-1-7-13-26(19(28)17(24)9-3-6-12-23)14-18(27)25-16(8-2-5-11-22)15-31-20(29)30/h16-17H,1-15,21-24H2,(H,25,27)(H,29,30)/t16-,17+/m0/s1. The van der Waals surface area contributed by atoms with Crippen LogP contribution in [0.3, 0.4) is 0 Å². The first kappa shape index (κ1) is 29.1. The van der Waals surface area contributed by atoms with E-state index in [0.717, 1.165) is 38.5 Å². The fourth-order valence-corrected chi connectivity index (χ4v) is 3.11. The van der Waals surface area contributed by atoms with Crippen molar-refractivity contribution in [3.8, 4) is 0 Å². The smallest absolute Gasteiger partial charge is 0.450 e. The molecule has 0 heterocycles. The predicted molar refractivity (Wildman–Crippen MR) is 119 cm³/mol. The number of rotatable bonds is 19. The zero-order chi connectivity index (χ0) is 23.5. The Balaban J connectivity index is 4.92. The molecule has 182 valence electrons. The van der Waals surface area contributed by atoms with Gasteiger partial charge in [0.05, 0.1) is 18.6 Å². The number of nitrogens with zero attached hydrogens (tertiary/aromatic N) is 1. The highest BCUT2D eigenvalue weighted by Gasteiger charge is 2.24. The number of amides is 2. The number of hydrogen-bond acceptors (Lipinski definition) is 8. The molecule has 31 heavy (non-hydrogen) atoms. The Hall–Kier alpha value is -1.95. The van der Waals surface area contributed by atoms with Gasteiger partial charge in [0.2, 0.25) is 11.8 Å². The molecule has 11 heteroatoms. The summed E-state index contributed by atoms with van der Waals surface area (Å²) >= 11 is 0. The summed E-state index contributed by atoms with van der Waals surface area (Å²) in [7, 11) is 0. The lowest BCUT2D eigenvalue weighted by Gasteiger charge is -2.26. The van der Waals surface area contributed by atoms with Gasteiger partial charge in [0.15, 0.2) is 0 Å². The number of carbonyl (C=O) groups is 3. The molecule has 0 aromatic rings. The number of ether oxygens (including phenoxy) is 1. The number of carbonyl (C=O) groups excluding carboxylic acids is 2. The van der Waals surface area contributed by atoms with Gasteiger partial charge >= 0.3 is 6.16 Å². The van der Waals surface area contributed by atoms with Crippen LogP contribution in [-0.4, -0.2) is 79.4 Å². The first-order chi connectivity index (χ1) is 14.8. The third-order valence-electron chi connectivity index (χ3n) is 4.84. The second kappa shape index (κ2) is 18.8. The summed E-state index contributed by atoms with van der Waals surface area (Å²) in [6.07, 6.45) is 5.03. The summed E-state index contributed by atoms with van der Waals surface area (Å²) in [5, 5.41) is 11.5. The zero-order valence-corrected chi connectivity index (χ0v) is 18.6. The monoisotopic (exact) mass is 446 g/mol. The van der Waals surface area contributed by atoms with Gasteiger partial charge in [-0.05, 0) is 58.2 Å². The van der Waals surface area contributed by atoms with Crippen LogP contribution >= 0.6 is 0 Å². The van der Waals surface area contributed by atoms with E-state index >= 15 is 0 Å². The van der Waals surface area contributed by atoms with E-state index in [-0.39, 0.29) is 25.0 Å². The van der Waals surface area contributed by atoms with E-state index in [1.807, 2.05) is 0 Å². The van der Waals surface area contributed by atoms with Crippen LogP contribution in [0.1, 0.15) is 57.8 Å². The summed E-state index contributed by atoms with van der Waals surface area (Å²) in [6.45, 7) is 1.71. The minimum Gasteiger partial charge on any atom is -0.450 e. The number of nitrogens with one attached hydrogen (secondary N) is 1. The Morgan fingerprint density at radius 1 is 0.871 bits per heavy atom. The van der Waals surface area contributed by atoms with Gasteiger partial charge in [-0.3, -0.25) is 9.59 Å². The fraction of sp³-hybridized carbons (Fsp3) is 0.850. The average Bonchev–Trinajstić information content (AvgIpc) is 2.73. The second-order valence-corrected chi connectivity index (χ2v) is 7.63. The average molecular weight is 447 g/mol. The lowest BCUT2D eigenvalue weighted by atomic mass is 10.1. The van der Waals surface area contributed by atoms with Crippen molar-refractivity contribution in [3.63, 3.8) is 0 Å². The largest absolute Gasteiger partial charge is 0.505 e. The molecule has 0 spiro atoms. The molecule has 11 nitrogen and oxygen atoms in total. The summed E-state index contributed by atoms with van der Waals surface area (Å²) in [6, 6.07) is -1.17.